The van der Waals surface area contributed by atoms with E-state index in [1.54, 1.807) is 0 Å². The molecule has 0 aromatic rings. The van der Waals surface area contributed by atoms with Crippen molar-refractivity contribution in [1.29, 1.82) is 0 Å². The molecule has 0 aromatic heterocycles. The Kier molecular flexibility index (Phi) is 3.16. The average Bonchev–Trinajstić information content (AvgIpc) is 2.30. The van der Waals surface area contributed by atoms with E-state index in [2.05, 4.69) is 4.85 Å². The molecule has 0 saturated heterocycles. The summed E-state index contributed by atoms with van der Waals surface area (Å²) in [6.07, 6.45) is 7.65. The van der Waals surface area contributed by atoms with Gasteiger partial charge in [0.1, 0.15) is 0 Å². The first-order valence-corrected chi connectivity index (χ1v) is 4.40. The molecule has 0 spiro atoms. The lowest BCUT2D eigenvalue weighted by atomic mass is 10.1. The van der Waals surface area contributed by atoms with Crippen molar-refractivity contribution in [3.63, 3.8) is 0 Å². The van der Waals surface area contributed by atoms with Gasteiger partial charge in [-0.1, -0.05) is 31.3 Å². The van der Waals surface area contributed by atoms with Crippen LogP contribution in [0.15, 0.2) is 11.3 Å². The minimum Gasteiger partial charge on any atom is -0.243 e. The van der Waals surface area contributed by atoms with Crippen LogP contribution in [0.3, 0.4) is 0 Å². The van der Waals surface area contributed by atoms with Crippen molar-refractivity contribution in [2.24, 2.45) is 0 Å². The molecule has 0 N–H and O–H groups in total. The number of rotatable bonds is 0. The van der Waals surface area contributed by atoms with Gasteiger partial charge in [0.2, 0.25) is 0 Å². The Morgan fingerprint density at radius 1 is 1.18 bits per heavy atom. The monoisotopic (exact) mass is 149 g/mol. The first-order chi connectivity index (χ1) is 5.34. The summed E-state index contributed by atoms with van der Waals surface area (Å²) in [4.78, 5) is 3.48. The molecule has 0 radical (unpaired) electrons. The maximum atomic E-state index is 6.88. The largest absolute Gasteiger partial charge is 0.243 e. The van der Waals surface area contributed by atoms with Crippen molar-refractivity contribution in [3.05, 3.63) is 22.7 Å². The Hall–Kier alpha value is -0.770. The van der Waals surface area contributed by atoms with Crippen LogP contribution in [0.5, 0.6) is 0 Å². The van der Waals surface area contributed by atoms with Crippen molar-refractivity contribution < 1.29 is 0 Å². The molecule has 0 aromatic carbocycles. The Morgan fingerprint density at radius 2 is 1.73 bits per heavy atom. The van der Waals surface area contributed by atoms with Crippen LogP contribution in [0.2, 0.25) is 0 Å². The molecule has 0 unspecified atom stereocenters. The van der Waals surface area contributed by atoms with Gasteiger partial charge in [-0.25, -0.2) is 4.85 Å². The van der Waals surface area contributed by atoms with Crippen LogP contribution in [0.1, 0.15) is 45.4 Å². The molecule has 1 heteroatoms. The number of nitrogens with zero attached hydrogens (tertiary/aromatic N) is 1. The smallest absolute Gasteiger partial charge is 0.161 e. The summed E-state index contributed by atoms with van der Waals surface area (Å²) >= 11 is 0. The second-order valence-electron chi connectivity index (χ2n) is 3.21. The van der Waals surface area contributed by atoms with E-state index >= 15 is 0 Å². The zero-order chi connectivity index (χ0) is 8.10. The molecule has 0 heterocycles. The second-order valence-corrected chi connectivity index (χ2v) is 3.21. The summed E-state index contributed by atoms with van der Waals surface area (Å²) in [7, 11) is 0. The van der Waals surface area contributed by atoms with Gasteiger partial charge in [0.05, 0.1) is 6.57 Å². The first-order valence-electron chi connectivity index (χ1n) is 4.40. The third-order valence-electron chi connectivity index (χ3n) is 2.39. The first kappa shape index (κ1) is 8.33. The summed E-state index contributed by atoms with van der Waals surface area (Å²) < 4.78 is 0. The standard InChI is InChI=1S/C10H15N/c1-9(11-2)10-7-5-3-4-6-8-10/h3-8H2,1H3. The quantitative estimate of drug-likeness (QED) is 0.366. The van der Waals surface area contributed by atoms with Gasteiger partial charge in [-0.3, -0.25) is 0 Å². The predicted octanol–water partition coefficient (Wildman–Crippen LogP) is 3.53. The van der Waals surface area contributed by atoms with E-state index in [1.165, 1.54) is 44.1 Å². The van der Waals surface area contributed by atoms with Crippen LogP contribution in [0, 0.1) is 6.57 Å². The zero-order valence-electron chi connectivity index (χ0n) is 7.19. The number of hydrogen-bond donors (Lipinski definition) is 0. The molecular formula is C10H15N. The highest BCUT2D eigenvalue weighted by molar-refractivity contribution is 5.18. The Balaban J connectivity index is 2.63. The summed E-state index contributed by atoms with van der Waals surface area (Å²) in [5.74, 6) is 0. The normalized spacial score (nSPS) is 18.7. The molecule has 1 aliphatic carbocycles. The maximum absolute atomic E-state index is 6.88. The summed E-state index contributed by atoms with van der Waals surface area (Å²) in [6.45, 7) is 8.84. The van der Waals surface area contributed by atoms with Crippen LogP contribution in [-0.2, 0) is 0 Å². The Labute approximate surface area is 68.9 Å². The summed E-state index contributed by atoms with van der Waals surface area (Å²) in [5.41, 5.74) is 2.37. The van der Waals surface area contributed by atoms with Gasteiger partial charge in [-0.2, -0.15) is 0 Å². The fraction of sp³-hybridized carbons (Fsp3) is 0.700. The average molecular weight is 149 g/mol. The molecule has 11 heavy (non-hydrogen) atoms. The minimum absolute atomic E-state index is 0.951. The van der Waals surface area contributed by atoms with Crippen molar-refractivity contribution in [3.8, 4) is 0 Å². The number of allylic oxidation sites excluding steroid dienone is 2. The van der Waals surface area contributed by atoms with Crippen molar-refractivity contribution >= 4 is 0 Å². The highest BCUT2D eigenvalue weighted by Crippen LogP contribution is 2.24. The van der Waals surface area contributed by atoms with E-state index < -0.39 is 0 Å². The van der Waals surface area contributed by atoms with Crippen molar-refractivity contribution in [1.82, 2.24) is 0 Å². The molecule has 0 aliphatic heterocycles. The van der Waals surface area contributed by atoms with E-state index in [0.717, 1.165) is 5.70 Å². The maximum Gasteiger partial charge on any atom is 0.161 e. The molecular weight excluding hydrogens is 134 g/mol. The van der Waals surface area contributed by atoms with Crippen LogP contribution >= 0.6 is 0 Å². The van der Waals surface area contributed by atoms with Crippen molar-refractivity contribution in [2.45, 2.75) is 45.4 Å². The Bertz CT molecular complexity index is 185. The molecule has 1 rings (SSSR count). The third-order valence-corrected chi connectivity index (χ3v) is 2.39. The predicted molar refractivity (Wildman–Crippen MR) is 47.0 cm³/mol. The molecule has 60 valence electrons. The minimum atomic E-state index is 0.951. The van der Waals surface area contributed by atoms with Gasteiger partial charge in [0.15, 0.2) is 5.70 Å². The molecule has 1 fully saturated rings. The summed E-state index contributed by atoms with van der Waals surface area (Å²) in [6, 6.07) is 0. The lowest BCUT2D eigenvalue weighted by Gasteiger charge is -2.01. The molecule has 0 atom stereocenters. The number of hydrogen-bond acceptors (Lipinski definition) is 0. The fourth-order valence-corrected chi connectivity index (χ4v) is 1.60. The molecule has 0 amide bonds. The van der Waals surface area contributed by atoms with Gasteiger partial charge in [-0.05, 0) is 19.8 Å². The zero-order valence-corrected chi connectivity index (χ0v) is 7.19. The van der Waals surface area contributed by atoms with Gasteiger partial charge in [0, 0.05) is 0 Å². The molecule has 1 nitrogen and oxygen atoms in total. The van der Waals surface area contributed by atoms with Crippen LogP contribution in [0.25, 0.3) is 4.85 Å². The van der Waals surface area contributed by atoms with Gasteiger partial charge in [-0.15, -0.1) is 0 Å². The van der Waals surface area contributed by atoms with Crippen molar-refractivity contribution in [2.75, 3.05) is 0 Å². The SMILES string of the molecule is [C-]#[N+]C(C)=C1CCCCCC1. The molecule has 1 saturated carbocycles. The fourth-order valence-electron chi connectivity index (χ4n) is 1.60. The lowest BCUT2D eigenvalue weighted by Crippen LogP contribution is -1.83. The molecule has 0 bridgehead atoms. The van der Waals surface area contributed by atoms with E-state index in [-0.39, 0.29) is 0 Å². The summed E-state index contributed by atoms with van der Waals surface area (Å²) in [5, 5.41) is 0. The van der Waals surface area contributed by atoms with E-state index in [4.69, 9.17) is 6.57 Å². The van der Waals surface area contributed by atoms with Gasteiger partial charge >= 0.3 is 0 Å². The highest BCUT2D eigenvalue weighted by Gasteiger charge is 2.06. The molecule has 1 aliphatic rings. The lowest BCUT2D eigenvalue weighted by molar-refractivity contribution is 0.702. The highest BCUT2D eigenvalue weighted by atomic mass is 14.6. The van der Waals surface area contributed by atoms with Gasteiger partial charge < -0.3 is 0 Å². The Morgan fingerprint density at radius 3 is 2.18 bits per heavy atom. The van der Waals surface area contributed by atoms with Crippen LogP contribution in [0.4, 0.5) is 0 Å². The topological polar surface area (TPSA) is 4.36 Å². The van der Waals surface area contributed by atoms with Gasteiger partial charge in [0.25, 0.3) is 0 Å². The van der Waals surface area contributed by atoms with E-state index in [0.29, 0.717) is 0 Å². The van der Waals surface area contributed by atoms with Crippen LogP contribution < -0.4 is 0 Å². The third kappa shape index (κ3) is 2.38. The van der Waals surface area contributed by atoms with E-state index in [9.17, 15) is 0 Å². The van der Waals surface area contributed by atoms with Crippen LogP contribution in [-0.4, -0.2) is 0 Å². The second kappa shape index (κ2) is 4.18. The van der Waals surface area contributed by atoms with E-state index in [1.807, 2.05) is 6.92 Å².